The quantitative estimate of drug-likeness (QED) is 0.918. The molecule has 0 aliphatic carbocycles. The van der Waals surface area contributed by atoms with Gasteiger partial charge in [0.05, 0.1) is 25.1 Å². The number of aliphatic hydroxyl groups is 1. The summed E-state index contributed by atoms with van der Waals surface area (Å²) in [5.74, 6) is 0.762. The first kappa shape index (κ1) is 13.5. The predicted molar refractivity (Wildman–Crippen MR) is 72.5 cm³/mol. The van der Waals surface area contributed by atoms with Crippen molar-refractivity contribution in [2.24, 2.45) is 0 Å². The zero-order valence-electron chi connectivity index (χ0n) is 11.7. The summed E-state index contributed by atoms with van der Waals surface area (Å²) in [6, 6.07) is 7.61. The molecule has 0 bridgehead atoms. The van der Waals surface area contributed by atoms with E-state index in [1.807, 2.05) is 24.3 Å². The molecule has 0 aliphatic heterocycles. The monoisotopic (exact) mass is 261 g/mol. The molecule has 1 aromatic heterocycles. The topological polar surface area (TPSA) is 60.2 Å². The maximum atomic E-state index is 9.40. The number of aromatic nitrogens is 3. The summed E-state index contributed by atoms with van der Waals surface area (Å²) >= 11 is 0. The average Bonchev–Trinajstić information content (AvgIpc) is 2.82. The van der Waals surface area contributed by atoms with Gasteiger partial charge in [0.25, 0.3) is 0 Å². The van der Waals surface area contributed by atoms with Crippen LogP contribution in [0.25, 0.3) is 5.69 Å². The number of ether oxygens (including phenoxy) is 1. The molecule has 0 radical (unpaired) electrons. The molecule has 0 fully saturated rings. The largest absolute Gasteiger partial charge is 0.497 e. The van der Waals surface area contributed by atoms with Crippen LogP contribution in [0.5, 0.6) is 5.75 Å². The third-order valence-corrected chi connectivity index (χ3v) is 2.90. The van der Waals surface area contributed by atoms with E-state index in [0.29, 0.717) is 5.69 Å². The molecule has 0 spiro atoms. The molecule has 19 heavy (non-hydrogen) atoms. The smallest absolute Gasteiger partial charge is 0.121 e. The van der Waals surface area contributed by atoms with Crippen LogP contribution in [0.4, 0.5) is 0 Å². The van der Waals surface area contributed by atoms with E-state index in [4.69, 9.17) is 4.74 Å². The Labute approximate surface area is 112 Å². The lowest BCUT2D eigenvalue weighted by molar-refractivity contribution is 0.273. The number of nitrogens with zero attached hydrogens (tertiary/aromatic N) is 3. The van der Waals surface area contributed by atoms with Crippen molar-refractivity contribution in [1.29, 1.82) is 0 Å². The molecule has 0 saturated carbocycles. The summed E-state index contributed by atoms with van der Waals surface area (Å²) < 4.78 is 6.98. The summed E-state index contributed by atoms with van der Waals surface area (Å²) in [5.41, 5.74) is 2.22. The normalized spacial score (nSPS) is 11.6. The Balaban J connectivity index is 2.59. The molecule has 0 saturated heterocycles. The first-order valence-corrected chi connectivity index (χ1v) is 6.17. The Morgan fingerprint density at radius 3 is 2.63 bits per heavy atom. The first-order chi connectivity index (χ1) is 8.97. The minimum atomic E-state index is -0.162. The van der Waals surface area contributed by atoms with E-state index in [2.05, 4.69) is 31.1 Å². The fourth-order valence-corrected chi connectivity index (χ4v) is 2.09. The average molecular weight is 261 g/mol. The predicted octanol–water partition coefficient (Wildman–Crippen LogP) is 2.07. The van der Waals surface area contributed by atoms with Gasteiger partial charge < -0.3 is 9.84 Å². The number of benzene rings is 1. The van der Waals surface area contributed by atoms with Crippen LogP contribution < -0.4 is 4.74 Å². The van der Waals surface area contributed by atoms with Crippen molar-refractivity contribution in [2.75, 3.05) is 7.11 Å². The third kappa shape index (κ3) is 2.61. The van der Waals surface area contributed by atoms with E-state index >= 15 is 0 Å². The highest BCUT2D eigenvalue weighted by molar-refractivity contribution is 5.41. The van der Waals surface area contributed by atoms with Crippen molar-refractivity contribution in [1.82, 2.24) is 15.0 Å². The Morgan fingerprint density at radius 2 is 2.05 bits per heavy atom. The molecule has 0 amide bonds. The minimum Gasteiger partial charge on any atom is -0.497 e. The van der Waals surface area contributed by atoms with Gasteiger partial charge in [0.1, 0.15) is 11.4 Å². The minimum absolute atomic E-state index is 0.115. The first-order valence-electron chi connectivity index (χ1n) is 6.17. The van der Waals surface area contributed by atoms with Crippen LogP contribution in [0.2, 0.25) is 0 Å². The van der Waals surface area contributed by atoms with E-state index in [9.17, 15) is 5.11 Å². The van der Waals surface area contributed by atoms with Crippen LogP contribution in [0.15, 0.2) is 24.3 Å². The molecule has 0 aliphatic rings. The second-order valence-electron chi connectivity index (χ2n) is 5.41. The van der Waals surface area contributed by atoms with E-state index in [0.717, 1.165) is 17.1 Å². The molecule has 2 aromatic rings. The van der Waals surface area contributed by atoms with Gasteiger partial charge in [-0.1, -0.05) is 32.1 Å². The highest BCUT2D eigenvalue weighted by Gasteiger charge is 2.25. The van der Waals surface area contributed by atoms with Crippen LogP contribution in [0.3, 0.4) is 0 Å². The Morgan fingerprint density at radius 1 is 1.32 bits per heavy atom. The summed E-state index contributed by atoms with van der Waals surface area (Å²) in [6.45, 7) is 6.10. The molecule has 2 rings (SSSR count). The zero-order chi connectivity index (χ0) is 14.0. The Hall–Kier alpha value is -1.88. The van der Waals surface area contributed by atoms with E-state index in [1.165, 1.54) is 0 Å². The van der Waals surface area contributed by atoms with Gasteiger partial charge in [-0.05, 0) is 12.1 Å². The summed E-state index contributed by atoms with van der Waals surface area (Å²) in [7, 11) is 1.63. The van der Waals surface area contributed by atoms with Gasteiger partial charge in [0.15, 0.2) is 0 Å². The maximum Gasteiger partial charge on any atom is 0.121 e. The van der Waals surface area contributed by atoms with Gasteiger partial charge in [-0.2, -0.15) is 0 Å². The van der Waals surface area contributed by atoms with E-state index in [-0.39, 0.29) is 12.0 Å². The zero-order valence-corrected chi connectivity index (χ0v) is 11.7. The Bertz CT molecular complexity index is 570. The molecular weight excluding hydrogens is 242 g/mol. The van der Waals surface area contributed by atoms with Gasteiger partial charge in [0, 0.05) is 11.5 Å². The van der Waals surface area contributed by atoms with Crippen molar-refractivity contribution in [3.8, 4) is 11.4 Å². The molecule has 102 valence electrons. The fourth-order valence-electron chi connectivity index (χ4n) is 2.09. The van der Waals surface area contributed by atoms with Crippen molar-refractivity contribution in [2.45, 2.75) is 32.8 Å². The van der Waals surface area contributed by atoms with Gasteiger partial charge >= 0.3 is 0 Å². The molecular formula is C14H19N3O2. The third-order valence-electron chi connectivity index (χ3n) is 2.90. The number of rotatable bonds is 3. The van der Waals surface area contributed by atoms with E-state index < -0.39 is 0 Å². The summed E-state index contributed by atoms with van der Waals surface area (Å²) in [6.07, 6.45) is 0. The van der Waals surface area contributed by atoms with E-state index in [1.54, 1.807) is 11.8 Å². The van der Waals surface area contributed by atoms with Gasteiger partial charge in [-0.15, -0.1) is 5.10 Å². The van der Waals surface area contributed by atoms with Crippen LogP contribution in [-0.2, 0) is 12.0 Å². The lowest BCUT2D eigenvalue weighted by Crippen LogP contribution is -2.19. The molecule has 5 nitrogen and oxygen atoms in total. The molecule has 0 unspecified atom stereocenters. The van der Waals surface area contributed by atoms with Crippen molar-refractivity contribution >= 4 is 0 Å². The van der Waals surface area contributed by atoms with Crippen LogP contribution in [0, 0.1) is 0 Å². The molecule has 5 heteroatoms. The molecule has 1 heterocycles. The van der Waals surface area contributed by atoms with Crippen LogP contribution in [0.1, 0.15) is 32.2 Å². The fraction of sp³-hybridized carbons (Fsp3) is 0.429. The number of hydrogen-bond acceptors (Lipinski definition) is 4. The Kier molecular flexibility index (Phi) is 3.57. The molecule has 1 N–H and O–H groups in total. The van der Waals surface area contributed by atoms with Gasteiger partial charge in [0.2, 0.25) is 0 Å². The lowest BCUT2D eigenvalue weighted by Gasteiger charge is -2.21. The standard InChI is InChI=1S/C14H19N3O2/c1-14(2,3)13-12(9-18)15-16-17(13)10-6-5-7-11(8-10)19-4/h5-8,18H,9H2,1-4H3. The van der Waals surface area contributed by atoms with Crippen molar-refractivity contribution in [3.63, 3.8) is 0 Å². The van der Waals surface area contributed by atoms with Gasteiger partial charge in [-0.25, -0.2) is 4.68 Å². The number of aliphatic hydroxyl groups excluding tert-OH is 1. The lowest BCUT2D eigenvalue weighted by atomic mass is 9.90. The summed E-state index contributed by atoms with van der Waals surface area (Å²) in [4.78, 5) is 0. The van der Waals surface area contributed by atoms with Crippen molar-refractivity contribution in [3.05, 3.63) is 35.7 Å². The summed E-state index contributed by atoms with van der Waals surface area (Å²) in [5, 5.41) is 17.6. The second-order valence-corrected chi connectivity index (χ2v) is 5.41. The number of methoxy groups -OCH3 is 1. The maximum absolute atomic E-state index is 9.40. The molecule has 1 aromatic carbocycles. The second kappa shape index (κ2) is 5.01. The number of hydrogen-bond donors (Lipinski definition) is 1. The van der Waals surface area contributed by atoms with Gasteiger partial charge in [-0.3, -0.25) is 0 Å². The SMILES string of the molecule is COc1cccc(-n2nnc(CO)c2C(C)(C)C)c1. The van der Waals surface area contributed by atoms with Crippen LogP contribution in [-0.4, -0.2) is 27.2 Å². The highest BCUT2D eigenvalue weighted by Crippen LogP contribution is 2.28. The van der Waals surface area contributed by atoms with Crippen molar-refractivity contribution < 1.29 is 9.84 Å². The van der Waals surface area contributed by atoms with Crippen LogP contribution >= 0.6 is 0 Å². The highest BCUT2D eigenvalue weighted by atomic mass is 16.5. The molecule has 0 atom stereocenters.